The van der Waals surface area contributed by atoms with E-state index >= 15 is 0 Å². The molecule has 0 radical (unpaired) electrons. The SMILES string of the molecule is CCCCOC(=O)COCC(=O)Oc1ccc(C(C)=O)cc1. The molecule has 0 amide bonds. The number of unbranched alkanes of at least 4 members (excludes halogenated alkanes) is 1. The van der Waals surface area contributed by atoms with Crippen molar-refractivity contribution in [3.05, 3.63) is 29.8 Å². The molecular weight excluding hydrogens is 288 g/mol. The Bertz CT molecular complexity index is 506. The molecule has 6 heteroatoms. The minimum atomic E-state index is -0.628. The zero-order chi connectivity index (χ0) is 16.4. The predicted octanol–water partition coefficient (Wildman–Crippen LogP) is 2.15. The summed E-state index contributed by atoms with van der Waals surface area (Å²) < 4.78 is 14.8. The second-order valence-corrected chi connectivity index (χ2v) is 4.62. The summed E-state index contributed by atoms with van der Waals surface area (Å²) in [4.78, 5) is 33.8. The molecule has 0 fully saturated rings. The fourth-order valence-corrected chi connectivity index (χ4v) is 1.51. The van der Waals surface area contributed by atoms with Crippen LogP contribution < -0.4 is 4.74 Å². The molecular formula is C16H20O6. The molecule has 0 aromatic heterocycles. The van der Waals surface area contributed by atoms with E-state index in [2.05, 4.69) is 0 Å². The van der Waals surface area contributed by atoms with E-state index in [9.17, 15) is 14.4 Å². The lowest BCUT2D eigenvalue weighted by Crippen LogP contribution is -2.20. The van der Waals surface area contributed by atoms with Gasteiger partial charge in [-0.25, -0.2) is 9.59 Å². The van der Waals surface area contributed by atoms with E-state index < -0.39 is 11.9 Å². The van der Waals surface area contributed by atoms with Crippen molar-refractivity contribution in [3.8, 4) is 5.75 Å². The Kier molecular flexibility index (Phi) is 7.85. The number of ketones is 1. The molecule has 0 unspecified atom stereocenters. The van der Waals surface area contributed by atoms with Crippen LogP contribution in [0.25, 0.3) is 0 Å². The van der Waals surface area contributed by atoms with E-state index in [0.717, 1.165) is 12.8 Å². The minimum Gasteiger partial charge on any atom is -0.464 e. The van der Waals surface area contributed by atoms with E-state index in [1.54, 1.807) is 12.1 Å². The fourth-order valence-electron chi connectivity index (χ4n) is 1.51. The maximum Gasteiger partial charge on any atom is 0.337 e. The van der Waals surface area contributed by atoms with Crippen molar-refractivity contribution in [2.24, 2.45) is 0 Å². The van der Waals surface area contributed by atoms with Crippen LogP contribution in [0.1, 0.15) is 37.0 Å². The van der Waals surface area contributed by atoms with Gasteiger partial charge >= 0.3 is 11.9 Å². The number of benzene rings is 1. The standard InChI is InChI=1S/C16H20O6/c1-3-4-9-21-15(18)10-20-11-16(19)22-14-7-5-13(6-8-14)12(2)17/h5-8H,3-4,9-11H2,1-2H3. The van der Waals surface area contributed by atoms with Gasteiger partial charge in [0.1, 0.15) is 19.0 Å². The monoisotopic (exact) mass is 308 g/mol. The van der Waals surface area contributed by atoms with Gasteiger partial charge in [-0.1, -0.05) is 13.3 Å². The largest absolute Gasteiger partial charge is 0.464 e. The van der Waals surface area contributed by atoms with E-state index in [4.69, 9.17) is 14.2 Å². The highest BCUT2D eigenvalue weighted by Gasteiger charge is 2.09. The number of carbonyl (C=O) groups is 3. The van der Waals surface area contributed by atoms with Crippen molar-refractivity contribution in [1.82, 2.24) is 0 Å². The number of esters is 2. The third kappa shape index (κ3) is 6.99. The van der Waals surface area contributed by atoms with E-state index in [1.165, 1.54) is 19.1 Å². The number of carbonyl (C=O) groups excluding carboxylic acids is 3. The molecule has 0 heterocycles. The molecule has 0 atom stereocenters. The van der Waals surface area contributed by atoms with Gasteiger partial charge in [-0.05, 0) is 37.6 Å². The van der Waals surface area contributed by atoms with Gasteiger partial charge in [-0.3, -0.25) is 4.79 Å². The lowest BCUT2D eigenvalue weighted by Gasteiger charge is -2.06. The van der Waals surface area contributed by atoms with E-state index in [1.807, 2.05) is 6.92 Å². The summed E-state index contributed by atoms with van der Waals surface area (Å²) in [5, 5.41) is 0. The van der Waals surface area contributed by atoms with Gasteiger partial charge in [0.05, 0.1) is 6.61 Å². The summed E-state index contributed by atoms with van der Waals surface area (Å²) in [6, 6.07) is 6.18. The quantitative estimate of drug-likeness (QED) is 0.301. The molecule has 0 saturated heterocycles. The number of hydrogen-bond donors (Lipinski definition) is 0. The van der Waals surface area contributed by atoms with Crippen LogP contribution in [-0.2, 0) is 19.1 Å². The third-order valence-corrected chi connectivity index (χ3v) is 2.69. The summed E-state index contributed by atoms with van der Waals surface area (Å²) >= 11 is 0. The molecule has 0 saturated carbocycles. The summed E-state index contributed by atoms with van der Waals surface area (Å²) in [6.45, 7) is 3.16. The lowest BCUT2D eigenvalue weighted by atomic mass is 10.1. The molecule has 0 N–H and O–H groups in total. The second-order valence-electron chi connectivity index (χ2n) is 4.62. The Balaban J connectivity index is 2.25. The first-order chi connectivity index (χ1) is 10.5. The van der Waals surface area contributed by atoms with Crippen LogP contribution in [0.2, 0.25) is 0 Å². The highest BCUT2D eigenvalue weighted by atomic mass is 16.6. The van der Waals surface area contributed by atoms with Crippen molar-refractivity contribution in [3.63, 3.8) is 0 Å². The number of Topliss-reactive ketones (excluding diaryl/α,β-unsaturated/α-hetero) is 1. The topological polar surface area (TPSA) is 78.9 Å². The van der Waals surface area contributed by atoms with Gasteiger partial charge < -0.3 is 14.2 Å². The normalized spacial score (nSPS) is 10.1. The molecule has 1 aromatic carbocycles. The van der Waals surface area contributed by atoms with Crippen molar-refractivity contribution in [2.75, 3.05) is 19.8 Å². The molecule has 1 rings (SSSR count). The molecule has 120 valence electrons. The van der Waals surface area contributed by atoms with Crippen LogP contribution in [0.3, 0.4) is 0 Å². The van der Waals surface area contributed by atoms with Gasteiger partial charge in [-0.2, -0.15) is 0 Å². The first kappa shape index (κ1) is 17.8. The first-order valence-electron chi connectivity index (χ1n) is 7.08. The lowest BCUT2D eigenvalue weighted by molar-refractivity contribution is -0.152. The van der Waals surface area contributed by atoms with Crippen LogP contribution >= 0.6 is 0 Å². The summed E-state index contributed by atoms with van der Waals surface area (Å²) in [6.07, 6.45) is 1.73. The maximum atomic E-state index is 11.5. The zero-order valence-corrected chi connectivity index (χ0v) is 12.8. The Morgan fingerprint density at radius 2 is 1.64 bits per heavy atom. The molecule has 0 aliphatic rings. The highest BCUT2D eigenvalue weighted by molar-refractivity contribution is 5.94. The Morgan fingerprint density at radius 3 is 2.23 bits per heavy atom. The Hall–Kier alpha value is -2.21. The summed E-state index contributed by atoms with van der Waals surface area (Å²) in [7, 11) is 0. The van der Waals surface area contributed by atoms with Crippen LogP contribution in [0.15, 0.2) is 24.3 Å². The van der Waals surface area contributed by atoms with Crippen molar-refractivity contribution >= 4 is 17.7 Å². The predicted molar refractivity (Wildman–Crippen MR) is 78.8 cm³/mol. The van der Waals surface area contributed by atoms with E-state index in [0.29, 0.717) is 17.9 Å². The van der Waals surface area contributed by atoms with Crippen LogP contribution in [0.4, 0.5) is 0 Å². The number of ether oxygens (including phenoxy) is 3. The Morgan fingerprint density at radius 1 is 1.00 bits per heavy atom. The highest BCUT2D eigenvalue weighted by Crippen LogP contribution is 2.12. The molecule has 6 nitrogen and oxygen atoms in total. The summed E-state index contributed by atoms with van der Waals surface area (Å²) in [5.74, 6) is -0.893. The number of rotatable bonds is 9. The molecule has 0 spiro atoms. The first-order valence-corrected chi connectivity index (χ1v) is 7.08. The molecule has 22 heavy (non-hydrogen) atoms. The molecule has 0 aliphatic carbocycles. The van der Waals surface area contributed by atoms with Crippen LogP contribution in [-0.4, -0.2) is 37.5 Å². The van der Waals surface area contributed by atoms with Gasteiger partial charge in [0.25, 0.3) is 0 Å². The van der Waals surface area contributed by atoms with Gasteiger partial charge in [0.15, 0.2) is 5.78 Å². The van der Waals surface area contributed by atoms with Crippen molar-refractivity contribution < 1.29 is 28.6 Å². The number of hydrogen-bond acceptors (Lipinski definition) is 6. The summed E-state index contributed by atoms with van der Waals surface area (Å²) in [5.41, 5.74) is 0.533. The van der Waals surface area contributed by atoms with Gasteiger partial charge in [0, 0.05) is 5.56 Å². The van der Waals surface area contributed by atoms with Crippen molar-refractivity contribution in [1.29, 1.82) is 0 Å². The maximum absolute atomic E-state index is 11.5. The van der Waals surface area contributed by atoms with Crippen molar-refractivity contribution in [2.45, 2.75) is 26.7 Å². The molecule has 0 bridgehead atoms. The average Bonchev–Trinajstić information content (AvgIpc) is 2.48. The molecule has 0 aliphatic heterocycles. The van der Waals surface area contributed by atoms with Crippen LogP contribution in [0.5, 0.6) is 5.75 Å². The van der Waals surface area contributed by atoms with E-state index in [-0.39, 0.29) is 19.0 Å². The van der Waals surface area contributed by atoms with Crippen LogP contribution in [0, 0.1) is 0 Å². The average molecular weight is 308 g/mol. The van der Waals surface area contributed by atoms with Gasteiger partial charge in [0.2, 0.25) is 0 Å². The second kappa shape index (κ2) is 9.68. The zero-order valence-electron chi connectivity index (χ0n) is 12.8. The molecule has 1 aromatic rings. The smallest absolute Gasteiger partial charge is 0.337 e. The van der Waals surface area contributed by atoms with Gasteiger partial charge in [-0.15, -0.1) is 0 Å². The minimum absolute atomic E-state index is 0.0669. The Labute approximate surface area is 129 Å². The third-order valence-electron chi connectivity index (χ3n) is 2.69. The fraction of sp³-hybridized carbons (Fsp3) is 0.438.